The summed E-state index contributed by atoms with van der Waals surface area (Å²) in [5.41, 5.74) is 1.23. The predicted molar refractivity (Wildman–Crippen MR) is 171 cm³/mol. The number of rotatable bonds is 14. The minimum atomic E-state index is -4.38. The smallest absolute Gasteiger partial charge is 0.264 e. The van der Waals surface area contributed by atoms with Gasteiger partial charge in [-0.3, -0.25) is 13.9 Å². The molecule has 0 aromatic heterocycles. The first kappa shape index (κ1) is 32.7. The molecule has 2 amide bonds. The van der Waals surface area contributed by atoms with Gasteiger partial charge in [0.1, 0.15) is 18.4 Å². The highest BCUT2D eigenvalue weighted by atomic mass is 35.5. The molecule has 0 unspecified atom stereocenters. The summed E-state index contributed by atoms with van der Waals surface area (Å²) in [6.07, 6.45) is 1.81. The third-order valence-electron chi connectivity index (χ3n) is 7.10. The summed E-state index contributed by atoms with van der Waals surface area (Å²) in [7, 11) is -4.38. The molecule has 0 spiro atoms. The standard InChI is InChI=1S/C34H35ClFN3O4S/c1-2-3-22-37-34(41)32(23-26-12-6-4-7-13-26)38(24-27-18-20-28(35)21-19-27)33(40)25-39(31-17-11-10-16-30(31)36)44(42,43)29-14-8-5-9-15-29/h4-21,32H,2-3,22-25H2,1H3,(H,37,41)/t32-/m0/s1. The Kier molecular flexibility index (Phi) is 11.5. The molecular formula is C34H35ClFN3O4S. The number of benzene rings is 4. The van der Waals surface area contributed by atoms with E-state index in [1.54, 1.807) is 42.5 Å². The average molecular weight is 636 g/mol. The molecule has 0 fully saturated rings. The van der Waals surface area contributed by atoms with Crippen LogP contribution in [0.4, 0.5) is 10.1 Å². The molecule has 10 heteroatoms. The van der Waals surface area contributed by atoms with Gasteiger partial charge < -0.3 is 10.2 Å². The highest BCUT2D eigenvalue weighted by molar-refractivity contribution is 7.92. The van der Waals surface area contributed by atoms with Crippen LogP contribution in [0, 0.1) is 5.82 Å². The highest BCUT2D eigenvalue weighted by Gasteiger charge is 2.35. The SMILES string of the molecule is CCCCNC(=O)[C@H](Cc1ccccc1)N(Cc1ccc(Cl)cc1)C(=O)CN(c1ccccc1F)S(=O)(=O)c1ccccc1. The molecule has 7 nitrogen and oxygen atoms in total. The van der Waals surface area contributed by atoms with E-state index in [0.29, 0.717) is 17.1 Å². The Morgan fingerprint density at radius 2 is 1.45 bits per heavy atom. The second kappa shape index (κ2) is 15.5. The number of halogens is 2. The van der Waals surface area contributed by atoms with Crippen LogP contribution < -0.4 is 9.62 Å². The van der Waals surface area contributed by atoms with Gasteiger partial charge in [0.15, 0.2) is 0 Å². The summed E-state index contributed by atoms with van der Waals surface area (Å²) in [6.45, 7) is 1.69. The molecule has 1 N–H and O–H groups in total. The van der Waals surface area contributed by atoms with E-state index < -0.39 is 34.3 Å². The van der Waals surface area contributed by atoms with E-state index in [2.05, 4.69) is 5.32 Å². The number of nitrogens with zero attached hydrogens (tertiary/aromatic N) is 2. The first-order valence-electron chi connectivity index (χ1n) is 14.4. The average Bonchev–Trinajstić information content (AvgIpc) is 3.03. The predicted octanol–water partition coefficient (Wildman–Crippen LogP) is 6.23. The van der Waals surface area contributed by atoms with Crippen LogP contribution in [0.25, 0.3) is 0 Å². The van der Waals surface area contributed by atoms with Crippen molar-refractivity contribution in [2.24, 2.45) is 0 Å². The lowest BCUT2D eigenvalue weighted by atomic mass is 10.0. The quantitative estimate of drug-likeness (QED) is 0.166. The van der Waals surface area contributed by atoms with Crippen molar-refractivity contribution < 1.29 is 22.4 Å². The Hall–Kier alpha value is -4.21. The van der Waals surface area contributed by atoms with Gasteiger partial charge in [0, 0.05) is 24.5 Å². The molecule has 230 valence electrons. The Morgan fingerprint density at radius 3 is 2.09 bits per heavy atom. The number of hydrogen-bond donors (Lipinski definition) is 1. The van der Waals surface area contributed by atoms with Crippen molar-refractivity contribution in [3.63, 3.8) is 0 Å². The third kappa shape index (κ3) is 8.45. The van der Waals surface area contributed by atoms with Gasteiger partial charge in [0.2, 0.25) is 11.8 Å². The van der Waals surface area contributed by atoms with E-state index in [1.807, 2.05) is 37.3 Å². The Bertz CT molecular complexity index is 1640. The van der Waals surface area contributed by atoms with Crippen LogP contribution in [0.3, 0.4) is 0 Å². The molecule has 44 heavy (non-hydrogen) atoms. The van der Waals surface area contributed by atoms with E-state index >= 15 is 4.39 Å². The molecule has 0 aliphatic rings. The van der Waals surface area contributed by atoms with Crippen molar-refractivity contribution in [1.29, 1.82) is 0 Å². The van der Waals surface area contributed by atoms with Crippen molar-refractivity contribution in [3.05, 3.63) is 131 Å². The molecule has 0 saturated heterocycles. The summed E-state index contributed by atoms with van der Waals surface area (Å²) in [5.74, 6) is -1.84. The van der Waals surface area contributed by atoms with Crippen LogP contribution in [0.2, 0.25) is 5.02 Å². The van der Waals surface area contributed by atoms with Gasteiger partial charge in [-0.05, 0) is 53.9 Å². The third-order valence-corrected chi connectivity index (χ3v) is 9.12. The molecule has 4 aromatic carbocycles. The van der Waals surface area contributed by atoms with Crippen LogP contribution in [0.5, 0.6) is 0 Å². The summed E-state index contributed by atoms with van der Waals surface area (Å²) in [6, 6.07) is 28.1. The summed E-state index contributed by atoms with van der Waals surface area (Å²) < 4.78 is 43.7. The van der Waals surface area contributed by atoms with E-state index in [0.717, 1.165) is 28.8 Å². The maximum Gasteiger partial charge on any atom is 0.264 e. The van der Waals surface area contributed by atoms with Gasteiger partial charge in [0.25, 0.3) is 10.0 Å². The first-order valence-corrected chi connectivity index (χ1v) is 16.2. The van der Waals surface area contributed by atoms with Crippen molar-refractivity contribution in [3.8, 4) is 0 Å². The van der Waals surface area contributed by atoms with Crippen molar-refractivity contribution in [1.82, 2.24) is 10.2 Å². The van der Waals surface area contributed by atoms with E-state index in [1.165, 1.54) is 35.2 Å². The number of sulfonamides is 1. The Morgan fingerprint density at radius 1 is 0.841 bits per heavy atom. The van der Waals surface area contributed by atoms with Crippen molar-refractivity contribution >= 4 is 39.1 Å². The largest absolute Gasteiger partial charge is 0.354 e. The van der Waals surface area contributed by atoms with E-state index in [4.69, 9.17) is 11.6 Å². The van der Waals surface area contributed by atoms with Crippen LogP contribution in [-0.4, -0.2) is 44.3 Å². The van der Waals surface area contributed by atoms with Crippen molar-refractivity contribution in [2.45, 2.75) is 43.7 Å². The molecule has 0 heterocycles. The molecule has 0 aliphatic heterocycles. The van der Waals surface area contributed by atoms with Gasteiger partial charge >= 0.3 is 0 Å². The van der Waals surface area contributed by atoms with Gasteiger partial charge in [-0.15, -0.1) is 0 Å². The summed E-state index contributed by atoms with van der Waals surface area (Å²) >= 11 is 6.11. The normalized spacial score (nSPS) is 11.9. The van der Waals surface area contributed by atoms with Crippen molar-refractivity contribution in [2.75, 3.05) is 17.4 Å². The lowest BCUT2D eigenvalue weighted by Crippen LogP contribution is -2.53. The summed E-state index contributed by atoms with van der Waals surface area (Å²) in [4.78, 5) is 29.3. The Labute approximate surface area is 263 Å². The van der Waals surface area contributed by atoms with E-state index in [-0.39, 0.29) is 29.5 Å². The fourth-order valence-electron chi connectivity index (χ4n) is 4.73. The highest BCUT2D eigenvalue weighted by Crippen LogP contribution is 2.27. The molecule has 1 atom stereocenters. The van der Waals surface area contributed by atoms with Crippen LogP contribution >= 0.6 is 11.6 Å². The van der Waals surface area contributed by atoms with Gasteiger partial charge in [0.05, 0.1) is 10.6 Å². The maximum atomic E-state index is 15.2. The fraction of sp³-hybridized carbons (Fsp3) is 0.235. The fourth-order valence-corrected chi connectivity index (χ4v) is 6.30. The monoisotopic (exact) mass is 635 g/mol. The minimum absolute atomic E-state index is 0.00873. The lowest BCUT2D eigenvalue weighted by Gasteiger charge is -2.34. The summed E-state index contributed by atoms with van der Waals surface area (Å²) in [5, 5.41) is 3.44. The number of carbonyl (C=O) groups is 2. The number of unbranched alkanes of at least 4 members (excludes halogenated alkanes) is 1. The lowest BCUT2D eigenvalue weighted by molar-refractivity contribution is -0.140. The van der Waals surface area contributed by atoms with Crippen LogP contribution in [0.1, 0.15) is 30.9 Å². The maximum absolute atomic E-state index is 15.2. The molecule has 4 aromatic rings. The molecule has 0 aliphatic carbocycles. The van der Waals surface area contributed by atoms with Gasteiger partial charge in [-0.1, -0.05) is 97.7 Å². The van der Waals surface area contributed by atoms with Crippen LogP contribution in [-0.2, 0) is 32.6 Å². The second-order valence-corrected chi connectivity index (χ2v) is 12.6. The molecule has 0 saturated carbocycles. The zero-order valence-corrected chi connectivity index (χ0v) is 26.0. The topological polar surface area (TPSA) is 86.8 Å². The number of amides is 2. The number of nitrogens with one attached hydrogen (secondary N) is 1. The molecule has 0 bridgehead atoms. The second-order valence-electron chi connectivity index (χ2n) is 10.3. The van der Waals surface area contributed by atoms with Crippen LogP contribution in [0.15, 0.2) is 114 Å². The number of carbonyl (C=O) groups excluding carboxylic acids is 2. The molecule has 0 radical (unpaired) electrons. The molecular weight excluding hydrogens is 601 g/mol. The number of para-hydroxylation sites is 1. The van der Waals surface area contributed by atoms with E-state index in [9.17, 15) is 18.0 Å². The first-order chi connectivity index (χ1) is 21.2. The molecule has 4 rings (SSSR count). The zero-order valence-electron chi connectivity index (χ0n) is 24.4. The van der Waals surface area contributed by atoms with Gasteiger partial charge in [-0.2, -0.15) is 0 Å². The Balaban J connectivity index is 1.78. The zero-order chi connectivity index (χ0) is 31.5. The van der Waals surface area contributed by atoms with Gasteiger partial charge in [-0.25, -0.2) is 12.8 Å². The minimum Gasteiger partial charge on any atom is -0.354 e. The number of hydrogen-bond acceptors (Lipinski definition) is 4. The number of anilines is 1.